The minimum atomic E-state index is -1.21. The molecule has 170 valence electrons. The third-order valence-electron chi connectivity index (χ3n) is 5.15. The van der Waals surface area contributed by atoms with E-state index in [1.54, 1.807) is 12.3 Å². The second-order valence-electron chi connectivity index (χ2n) is 7.56. The molecule has 1 aromatic heterocycles. The number of pyridine rings is 1. The predicted molar refractivity (Wildman–Crippen MR) is 126 cm³/mol. The van der Waals surface area contributed by atoms with E-state index in [1.807, 2.05) is 60.7 Å². The van der Waals surface area contributed by atoms with Gasteiger partial charge in [0.25, 0.3) is 11.5 Å². The molecule has 8 heteroatoms. The molecule has 33 heavy (non-hydrogen) atoms. The number of carbonyl (C=O) groups is 2. The molecular weight excluding hydrogens is 420 g/mol. The van der Waals surface area contributed by atoms with E-state index in [0.717, 1.165) is 11.1 Å². The highest BCUT2D eigenvalue weighted by Crippen LogP contribution is 2.25. The lowest BCUT2D eigenvalue weighted by atomic mass is 9.98. The van der Waals surface area contributed by atoms with Crippen molar-refractivity contribution in [2.75, 3.05) is 6.54 Å². The maximum absolute atomic E-state index is 13.4. The Balaban J connectivity index is 1.94. The van der Waals surface area contributed by atoms with Gasteiger partial charge in [0.1, 0.15) is 11.6 Å². The molecule has 0 aliphatic rings. The second kappa shape index (κ2) is 10.9. The highest BCUT2D eigenvalue weighted by atomic mass is 16.4. The predicted octanol–water partition coefficient (Wildman–Crippen LogP) is 2.65. The van der Waals surface area contributed by atoms with Crippen LogP contribution in [0, 0.1) is 5.41 Å². The van der Waals surface area contributed by atoms with E-state index >= 15 is 0 Å². The number of aliphatic carboxylic acids is 1. The fourth-order valence-electron chi connectivity index (χ4n) is 3.57. The fraction of sp³-hybridized carbons (Fsp3) is 0.200. The molecular formula is C25H26N4O4. The standard InChI is InChI=1S/C25H26N4O4/c1-17(26)27-15-14-21(25(32)33)28-23(30)20-13-8-16-29(24(20)31)22(18-9-4-2-5-10-18)19-11-6-3-7-12-19/h2-13,16,21-22H,14-15H2,1H3,(H2,26,27)(H,28,30)(H,32,33)/t21-/m0/s1. The van der Waals surface area contributed by atoms with E-state index in [9.17, 15) is 19.5 Å². The van der Waals surface area contributed by atoms with E-state index in [0.29, 0.717) is 0 Å². The van der Waals surface area contributed by atoms with Crippen LogP contribution >= 0.6 is 0 Å². The van der Waals surface area contributed by atoms with E-state index < -0.39 is 29.5 Å². The van der Waals surface area contributed by atoms with Crippen LogP contribution in [0.5, 0.6) is 0 Å². The van der Waals surface area contributed by atoms with Gasteiger partial charge in [0.15, 0.2) is 0 Å². The highest BCUT2D eigenvalue weighted by molar-refractivity contribution is 5.96. The summed E-state index contributed by atoms with van der Waals surface area (Å²) in [5.74, 6) is -1.77. The molecule has 3 aromatic rings. The third-order valence-corrected chi connectivity index (χ3v) is 5.15. The van der Waals surface area contributed by atoms with Crippen molar-refractivity contribution in [3.8, 4) is 0 Å². The summed E-state index contributed by atoms with van der Waals surface area (Å²) in [6.07, 6.45) is 1.68. The van der Waals surface area contributed by atoms with Gasteiger partial charge in [0, 0.05) is 12.7 Å². The number of carboxylic acids is 1. The van der Waals surface area contributed by atoms with Gasteiger partial charge in [-0.25, -0.2) is 4.79 Å². The van der Waals surface area contributed by atoms with Crippen LogP contribution in [0.25, 0.3) is 0 Å². The summed E-state index contributed by atoms with van der Waals surface area (Å²) in [4.78, 5) is 37.8. The molecule has 3 rings (SSSR count). The molecule has 0 aliphatic heterocycles. The zero-order valence-corrected chi connectivity index (χ0v) is 18.2. The minimum absolute atomic E-state index is 0.0645. The van der Waals surface area contributed by atoms with E-state index in [4.69, 9.17) is 5.41 Å². The van der Waals surface area contributed by atoms with Gasteiger partial charge >= 0.3 is 5.97 Å². The van der Waals surface area contributed by atoms with Gasteiger partial charge < -0.3 is 20.3 Å². The van der Waals surface area contributed by atoms with Gasteiger partial charge in [0.05, 0.1) is 11.9 Å². The Morgan fingerprint density at radius 3 is 2.06 bits per heavy atom. The van der Waals surface area contributed by atoms with Crippen LogP contribution in [-0.4, -0.2) is 40.0 Å². The van der Waals surface area contributed by atoms with Crippen molar-refractivity contribution in [1.82, 2.24) is 15.2 Å². The summed E-state index contributed by atoms with van der Waals surface area (Å²) in [6, 6.07) is 20.3. The molecule has 2 aromatic carbocycles. The largest absolute Gasteiger partial charge is 0.480 e. The van der Waals surface area contributed by atoms with Gasteiger partial charge in [-0.2, -0.15) is 0 Å². The minimum Gasteiger partial charge on any atom is -0.480 e. The van der Waals surface area contributed by atoms with Crippen molar-refractivity contribution in [3.63, 3.8) is 0 Å². The molecule has 1 atom stereocenters. The Labute approximate surface area is 191 Å². The quantitative estimate of drug-likeness (QED) is 0.297. The summed E-state index contributed by atoms with van der Waals surface area (Å²) < 4.78 is 1.48. The topological polar surface area (TPSA) is 124 Å². The number of aromatic nitrogens is 1. The van der Waals surface area contributed by atoms with Crippen molar-refractivity contribution >= 4 is 17.7 Å². The molecule has 0 aliphatic carbocycles. The lowest BCUT2D eigenvalue weighted by Crippen LogP contribution is -2.45. The first kappa shape index (κ1) is 23.5. The van der Waals surface area contributed by atoms with Crippen LogP contribution < -0.4 is 16.2 Å². The van der Waals surface area contributed by atoms with Gasteiger partial charge in [-0.3, -0.25) is 15.0 Å². The first-order chi connectivity index (χ1) is 15.9. The highest BCUT2D eigenvalue weighted by Gasteiger charge is 2.24. The van der Waals surface area contributed by atoms with Crippen LogP contribution in [0.2, 0.25) is 0 Å². The van der Waals surface area contributed by atoms with Crippen molar-refractivity contribution in [1.29, 1.82) is 5.41 Å². The molecule has 0 fully saturated rings. The Kier molecular flexibility index (Phi) is 7.75. The fourth-order valence-corrected chi connectivity index (χ4v) is 3.57. The zero-order chi connectivity index (χ0) is 23.8. The first-order valence-corrected chi connectivity index (χ1v) is 10.5. The monoisotopic (exact) mass is 446 g/mol. The third kappa shape index (κ3) is 5.94. The number of carbonyl (C=O) groups excluding carboxylic acids is 1. The number of hydrogen-bond donors (Lipinski definition) is 4. The molecule has 4 N–H and O–H groups in total. The van der Waals surface area contributed by atoms with E-state index in [-0.39, 0.29) is 24.4 Å². The number of nitrogens with zero attached hydrogens (tertiary/aromatic N) is 1. The summed E-state index contributed by atoms with van der Waals surface area (Å²) in [7, 11) is 0. The van der Waals surface area contributed by atoms with Gasteiger partial charge in [0.2, 0.25) is 0 Å². The number of rotatable bonds is 9. The second-order valence-corrected chi connectivity index (χ2v) is 7.56. The SMILES string of the molecule is CC(=N)NCC[C@H](NC(=O)c1cccn(C(c2ccccc2)c2ccccc2)c1=O)C(=O)O. The van der Waals surface area contributed by atoms with Gasteiger partial charge in [-0.05, 0) is 36.6 Å². The number of amidine groups is 1. The number of hydrogen-bond acceptors (Lipinski definition) is 4. The average Bonchev–Trinajstić information content (AvgIpc) is 2.80. The zero-order valence-electron chi connectivity index (χ0n) is 18.2. The Bertz CT molecular complexity index is 1140. The molecule has 1 amide bonds. The normalized spacial score (nSPS) is 11.6. The smallest absolute Gasteiger partial charge is 0.326 e. The van der Waals surface area contributed by atoms with Crippen molar-refractivity contribution in [2.45, 2.75) is 25.4 Å². The van der Waals surface area contributed by atoms with E-state index in [2.05, 4.69) is 10.6 Å². The molecule has 1 heterocycles. The Morgan fingerprint density at radius 2 is 1.55 bits per heavy atom. The van der Waals surface area contributed by atoms with Gasteiger partial charge in [-0.15, -0.1) is 0 Å². The molecule has 0 radical (unpaired) electrons. The molecule has 8 nitrogen and oxygen atoms in total. The lowest BCUT2D eigenvalue weighted by molar-refractivity contribution is -0.139. The lowest BCUT2D eigenvalue weighted by Gasteiger charge is -2.22. The number of carboxylic acid groups (broad SMARTS) is 1. The summed E-state index contributed by atoms with van der Waals surface area (Å²) >= 11 is 0. The first-order valence-electron chi connectivity index (χ1n) is 10.5. The molecule has 0 spiro atoms. The number of nitrogens with one attached hydrogen (secondary N) is 3. The van der Waals surface area contributed by atoms with Crippen LogP contribution in [0.1, 0.15) is 40.9 Å². The van der Waals surface area contributed by atoms with Crippen molar-refractivity contribution < 1.29 is 14.7 Å². The molecule has 0 bridgehead atoms. The summed E-state index contributed by atoms with van der Waals surface area (Å²) in [6.45, 7) is 1.74. The maximum Gasteiger partial charge on any atom is 0.326 e. The van der Waals surface area contributed by atoms with Crippen LogP contribution in [0.4, 0.5) is 0 Å². The number of benzene rings is 2. The Hall–Kier alpha value is -4.20. The molecule has 0 saturated heterocycles. The van der Waals surface area contributed by atoms with Gasteiger partial charge in [-0.1, -0.05) is 60.7 Å². The molecule has 0 unspecified atom stereocenters. The van der Waals surface area contributed by atoms with Crippen molar-refractivity contribution in [2.24, 2.45) is 0 Å². The van der Waals surface area contributed by atoms with Crippen molar-refractivity contribution in [3.05, 3.63) is 106 Å². The van der Waals surface area contributed by atoms with Crippen LogP contribution in [0.3, 0.4) is 0 Å². The van der Waals surface area contributed by atoms with Crippen LogP contribution in [-0.2, 0) is 4.79 Å². The van der Waals surface area contributed by atoms with Crippen LogP contribution in [0.15, 0.2) is 83.8 Å². The maximum atomic E-state index is 13.4. The summed E-state index contributed by atoms with van der Waals surface area (Å²) in [5, 5.41) is 22.0. The number of amides is 1. The van der Waals surface area contributed by atoms with E-state index in [1.165, 1.54) is 17.6 Å². The average molecular weight is 447 g/mol. The Morgan fingerprint density at radius 1 is 0.970 bits per heavy atom. The summed E-state index contributed by atoms with van der Waals surface area (Å²) in [5.41, 5.74) is 1.09. The molecule has 0 saturated carbocycles.